The van der Waals surface area contributed by atoms with Gasteiger partial charge in [0.25, 0.3) is 0 Å². The highest BCUT2D eigenvalue weighted by Gasteiger charge is 2.32. The molecule has 1 unspecified atom stereocenters. The van der Waals surface area contributed by atoms with Gasteiger partial charge in [0.15, 0.2) is 5.17 Å². The maximum atomic E-state index is 11.7. The Bertz CT molecular complexity index is 927. The Hall–Kier alpha value is -3.13. The normalized spacial score (nSPS) is 17.8. The van der Waals surface area contributed by atoms with Crippen LogP contribution in [0.4, 0.5) is 11.4 Å². The van der Waals surface area contributed by atoms with Crippen molar-refractivity contribution in [2.75, 3.05) is 4.90 Å². The minimum atomic E-state index is -1.02. The molecule has 1 saturated heterocycles. The van der Waals surface area contributed by atoms with Crippen LogP contribution in [0.5, 0.6) is 0 Å². The van der Waals surface area contributed by atoms with Crippen LogP contribution < -0.4 is 10.2 Å². The Labute approximate surface area is 173 Å². The first-order valence-electron chi connectivity index (χ1n) is 9.18. The average molecular weight is 410 g/mol. The highest BCUT2D eigenvalue weighted by atomic mass is 32.2. The van der Waals surface area contributed by atoms with Gasteiger partial charge in [-0.25, -0.2) is 0 Å². The van der Waals surface area contributed by atoms with Crippen LogP contribution in [0.3, 0.4) is 0 Å². The van der Waals surface area contributed by atoms with E-state index in [4.69, 9.17) is 5.11 Å². The smallest absolute Gasteiger partial charge is 0.305 e. The average Bonchev–Trinajstić information content (AvgIpc) is 3.02. The van der Waals surface area contributed by atoms with Crippen LogP contribution in [0.15, 0.2) is 64.8 Å². The fraction of sp³-hybridized carbons (Fsp3) is 0.238. The SMILES string of the molecule is CC(C)N(c1ccccc1)c1ccc(C=NN=C2NC(=O)C(CC(=O)O)S2)cc1. The molecule has 150 valence electrons. The second kappa shape index (κ2) is 9.38. The van der Waals surface area contributed by atoms with Crippen molar-refractivity contribution >= 4 is 46.4 Å². The number of amides is 1. The number of thioether (sulfide) groups is 1. The number of carboxylic acid groups (broad SMARTS) is 1. The molecule has 1 fully saturated rings. The van der Waals surface area contributed by atoms with Gasteiger partial charge in [-0.3, -0.25) is 9.59 Å². The molecular formula is C21H22N4O3S. The van der Waals surface area contributed by atoms with Crippen LogP contribution in [0, 0.1) is 0 Å². The zero-order valence-corrected chi connectivity index (χ0v) is 17.0. The van der Waals surface area contributed by atoms with E-state index in [1.807, 2.05) is 42.5 Å². The van der Waals surface area contributed by atoms with E-state index in [1.54, 1.807) is 6.21 Å². The summed E-state index contributed by atoms with van der Waals surface area (Å²) in [6.45, 7) is 4.29. The van der Waals surface area contributed by atoms with E-state index in [0.29, 0.717) is 11.2 Å². The van der Waals surface area contributed by atoms with E-state index >= 15 is 0 Å². The molecule has 0 saturated carbocycles. The van der Waals surface area contributed by atoms with Crippen molar-refractivity contribution in [3.63, 3.8) is 0 Å². The minimum Gasteiger partial charge on any atom is -0.481 e. The molecule has 0 aliphatic carbocycles. The van der Waals surface area contributed by atoms with Crippen molar-refractivity contribution in [3.05, 3.63) is 60.2 Å². The van der Waals surface area contributed by atoms with Crippen LogP contribution in [-0.2, 0) is 9.59 Å². The third-order valence-electron chi connectivity index (χ3n) is 4.21. The molecule has 1 atom stereocenters. The lowest BCUT2D eigenvalue weighted by Crippen LogP contribution is -2.26. The van der Waals surface area contributed by atoms with Gasteiger partial charge in [0.2, 0.25) is 5.91 Å². The number of benzene rings is 2. The van der Waals surface area contributed by atoms with Crippen molar-refractivity contribution in [2.24, 2.45) is 10.2 Å². The molecule has 29 heavy (non-hydrogen) atoms. The number of carbonyl (C=O) groups is 2. The summed E-state index contributed by atoms with van der Waals surface area (Å²) in [6.07, 6.45) is 1.35. The maximum Gasteiger partial charge on any atom is 0.305 e. The fourth-order valence-corrected chi connectivity index (χ4v) is 3.86. The van der Waals surface area contributed by atoms with Gasteiger partial charge in [-0.15, -0.1) is 5.10 Å². The third kappa shape index (κ3) is 5.45. The number of carboxylic acids is 1. The van der Waals surface area contributed by atoms with Gasteiger partial charge in [-0.2, -0.15) is 5.10 Å². The number of rotatable bonds is 7. The highest BCUT2D eigenvalue weighted by Crippen LogP contribution is 2.27. The fourth-order valence-electron chi connectivity index (χ4n) is 2.95. The number of nitrogens with zero attached hydrogens (tertiary/aromatic N) is 3. The van der Waals surface area contributed by atoms with Gasteiger partial charge < -0.3 is 15.3 Å². The standard InChI is InChI=1S/C21H22N4O3S/c1-14(2)25(16-6-4-3-5-7-16)17-10-8-15(9-11-17)13-22-24-21-23-20(28)18(29-21)12-19(26)27/h3-11,13-14,18H,12H2,1-2H3,(H,26,27)(H,23,24,28). The number of aliphatic carboxylic acids is 1. The van der Waals surface area contributed by atoms with Gasteiger partial charge in [0.05, 0.1) is 12.6 Å². The highest BCUT2D eigenvalue weighted by molar-refractivity contribution is 8.15. The van der Waals surface area contributed by atoms with Crippen LogP contribution in [0.1, 0.15) is 25.8 Å². The van der Waals surface area contributed by atoms with Crippen LogP contribution in [-0.4, -0.2) is 39.7 Å². The van der Waals surface area contributed by atoms with E-state index < -0.39 is 11.2 Å². The van der Waals surface area contributed by atoms with Gasteiger partial charge in [0, 0.05) is 17.4 Å². The Morgan fingerprint density at radius 3 is 2.45 bits per heavy atom. The topological polar surface area (TPSA) is 94.4 Å². The van der Waals surface area contributed by atoms with Crippen LogP contribution in [0.2, 0.25) is 0 Å². The molecule has 0 aromatic heterocycles. The summed E-state index contributed by atoms with van der Waals surface area (Å²) in [7, 11) is 0. The molecule has 1 heterocycles. The molecule has 2 aromatic carbocycles. The molecule has 0 radical (unpaired) electrons. The number of anilines is 2. The van der Waals surface area contributed by atoms with Crippen molar-refractivity contribution in [2.45, 2.75) is 31.6 Å². The summed E-state index contributed by atoms with van der Waals surface area (Å²) in [4.78, 5) is 24.7. The van der Waals surface area contributed by atoms with E-state index in [0.717, 1.165) is 28.7 Å². The van der Waals surface area contributed by atoms with Gasteiger partial charge in [-0.05, 0) is 43.7 Å². The number of amidine groups is 1. The van der Waals surface area contributed by atoms with Crippen molar-refractivity contribution < 1.29 is 14.7 Å². The molecule has 7 nitrogen and oxygen atoms in total. The Kier molecular flexibility index (Phi) is 6.66. The summed E-state index contributed by atoms with van der Waals surface area (Å²) >= 11 is 1.08. The monoisotopic (exact) mass is 410 g/mol. The zero-order valence-electron chi connectivity index (χ0n) is 16.1. The summed E-state index contributed by atoms with van der Waals surface area (Å²) in [5.41, 5.74) is 3.07. The largest absolute Gasteiger partial charge is 0.481 e. The number of hydrogen-bond acceptors (Lipinski definition) is 6. The molecule has 2 aromatic rings. The molecule has 0 bridgehead atoms. The molecule has 3 rings (SSSR count). The summed E-state index contributed by atoms with van der Waals surface area (Å²) in [5.74, 6) is -1.38. The van der Waals surface area contributed by atoms with E-state index in [2.05, 4.69) is 46.4 Å². The van der Waals surface area contributed by atoms with E-state index in [-0.39, 0.29) is 12.3 Å². The lowest BCUT2D eigenvalue weighted by Gasteiger charge is -2.29. The van der Waals surface area contributed by atoms with Crippen LogP contribution >= 0.6 is 11.8 Å². The van der Waals surface area contributed by atoms with Gasteiger partial charge >= 0.3 is 5.97 Å². The third-order valence-corrected chi connectivity index (χ3v) is 5.29. The van der Waals surface area contributed by atoms with Gasteiger partial charge in [-0.1, -0.05) is 42.1 Å². The van der Waals surface area contributed by atoms with Crippen molar-refractivity contribution in [1.29, 1.82) is 0 Å². The Balaban J connectivity index is 1.67. The number of carbonyl (C=O) groups excluding carboxylic acids is 1. The number of hydrogen-bond donors (Lipinski definition) is 2. The zero-order chi connectivity index (χ0) is 20.8. The summed E-state index contributed by atoms with van der Waals surface area (Å²) in [5, 5.41) is 19.0. The van der Waals surface area contributed by atoms with E-state index in [9.17, 15) is 9.59 Å². The summed E-state index contributed by atoms with van der Waals surface area (Å²) < 4.78 is 0. The quantitative estimate of drug-likeness (QED) is 0.537. The lowest BCUT2D eigenvalue weighted by molar-refractivity contribution is -0.138. The minimum absolute atomic E-state index is 0.242. The Morgan fingerprint density at radius 1 is 1.17 bits per heavy atom. The van der Waals surface area contributed by atoms with E-state index in [1.165, 1.54) is 0 Å². The van der Waals surface area contributed by atoms with Gasteiger partial charge in [0.1, 0.15) is 5.25 Å². The molecule has 1 amide bonds. The van der Waals surface area contributed by atoms with Crippen LogP contribution in [0.25, 0.3) is 0 Å². The predicted octanol–water partition coefficient (Wildman–Crippen LogP) is 3.63. The predicted molar refractivity (Wildman–Crippen MR) is 117 cm³/mol. The maximum absolute atomic E-state index is 11.7. The first-order valence-corrected chi connectivity index (χ1v) is 10.1. The molecule has 2 N–H and O–H groups in total. The van der Waals surface area contributed by atoms with Crippen molar-refractivity contribution in [3.8, 4) is 0 Å². The molecule has 1 aliphatic heterocycles. The first-order chi connectivity index (χ1) is 13.9. The molecule has 1 aliphatic rings. The molecule has 8 heteroatoms. The number of nitrogens with one attached hydrogen (secondary N) is 1. The first kappa shape index (κ1) is 20.6. The Morgan fingerprint density at radius 2 is 1.83 bits per heavy atom. The second-order valence-corrected chi connectivity index (χ2v) is 7.93. The molecular weight excluding hydrogens is 388 g/mol. The number of para-hydroxylation sites is 1. The lowest BCUT2D eigenvalue weighted by atomic mass is 10.1. The molecule has 0 spiro atoms. The second-order valence-electron chi connectivity index (χ2n) is 6.73. The van der Waals surface area contributed by atoms with Crippen molar-refractivity contribution in [1.82, 2.24) is 5.32 Å². The summed E-state index contributed by atoms with van der Waals surface area (Å²) in [6, 6.07) is 18.4.